The Bertz CT molecular complexity index is 519. The van der Waals surface area contributed by atoms with Gasteiger partial charge in [-0.1, -0.05) is 0 Å². The predicted molar refractivity (Wildman–Crippen MR) is 74.1 cm³/mol. The third-order valence-electron chi connectivity index (χ3n) is 3.69. The van der Waals surface area contributed by atoms with Gasteiger partial charge in [-0.25, -0.2) is 4.98 Å². The number of amides is 1. The number of pyridine rings is 1. The van der Waals surface area contributed by atoms with Gasteiger partial charge in [0.15, 0.2) is 5.82 Å². The van der Waals surface area contributed by atoms with Gasteiger partial charge in [-0.3, -0.25) is 4.79 Å². The molecular formula is C12H15BrN4O. The molecule has 1 aromatic rings. The van der Waals surface area contributed by atoms with Crippen LogP contribution in [0.15, 0.2) is 10.7 Å². The van der Waals surface area contributed by atoms with Gasteiger partial charge in [-0.15, -0.1) is 0 Å². The number of likely N-dealkylation sites (N-methyl/N-ethyl adjacent to an activating group) is 1. The lowest BCUT2D eigenvalue weighted by atomic mass is 10.1. The molecule has 0 aliphatic carbocycles. The topological polar surface area (TPSA) is 48.5 Å². The van der Waals surface area contributed by atoms with Crippen LogP contribution >= 0.6 is 15.9 Å². The average Bonchev–Trinajstić information content (AvgIpc) is 2.39. The standard InChI is InChI=1S/C12H15BrN4O/c1-7-8(13)5-15-11-10(7)16(2)12(18)9-6-14-3-4-17(9)11/h5,9,14H,3-4,6H2,1-2H3. The van der Waals surface area contributed by atoms with E-state index in [1.165, 1.54) is 0 Å². The molecule has 0 radical (unpaired) electrons. The summed E-state index contributed by atoms with van der Waals surface area (Å²) in [7, 11) is 1.83. The number of piperazine rings is 1. The van der Waals surface area contributed by atoms with Crippen LogP contribution in [0, 0.1) is 6.92 Å². The zero-order valence-corrected chi connectivity index (χ0v) is 12.0. The van der Waals surface area contributed by atoms with Crippen molar-refractivity contribution in [2.45, 2.75) is 13.0 Å². The van der Waals surface area contributed by atoms with E-state index in [4.69, 9.17) is 0 Å². The summed E-state index contributed by atoms with van der Waals surface area (Å²) < 4.78 is 0.939. The van der Waals surface area contributed by atoms with Crippen LogP contribution in [0.5, 0.6) is 0 Å². The number of hydrogen-bond acceptors (Lipinski definition) is 4. The minimum atomic E-state index is -0.121. The molecule has 6 heteroatoms. The van der Waals surface area contributed by atoms with Gasteiger partial charge in [0.25, 0.3) is 5.91 Å². The van der Waals surface area contributed by atoms with Crippen LogP contribution in [-0.2, 0) is 4.79 Å². The van der Waals surface area contributed by atoms with E-state index in [9.17, 15) is 4.79 Å². The highest BCUT2D eigenvalue weighted by molar-refractivity contribution is 9.10. The van der Waals surface area contributed by atoms with E-state index in [2.05, 4.69) is 31.1 Å². The summed E-state index contributed by atoms with van der Waals surface area (Å²) in [4.78, 5) is 20.7. The molecule has 1 aromatic heterocycles. The number of carbonyl (C=O) groups excluding carboxylic acids is 1. The number of nitrogens with zero attached hydrogens (tertiary/aromatic N) is 3. The van der Waals surface area contributed by atoms with E-state index in [0.717, 1.165) is 34.6 Å². The number of nitrogens with one attached hydrogen (secondary N) is 1. The van der Waals surface area contributed by atoms with Crippen molar-refractivity contribution in [1.82, 2.24) is 10.3 Å². The smallest absolute Gasteiger partial charge is 0.250 e. The van der Waals surface area contributed by atoms with Gasteiger partial charge in [-0.2, -0.15) is 0 Å². The van der Waals surface area contributed by atoms with Gasteiger partial charge in [0.2, 0.25) is 0 Å². The Hall–Kier alpha value is -1.14. The molecular weight excluding hydrogens is 296 g/mol. The number of fused-ring (bicyclic) bond motifs is 3. The lowest BCUT2D eigenvalue weighted by molar-refractivity contribution is -0.120. The average molecular weight is 311 g/mol. The first-order chi connectivity index (χ1) is 8.61. The Morgan fingerprint density at radius 3 is 3.11 bits per heavy atom. The molecule has 3 heterocycles. The number of hydrogen-bond donors (Lipinski definition) is 1. The molecule has 1 fully saturated rings. The second-order valence-electron chi connectivity index (χ2n) is 4.71. The quantitative estimate of drug-likeness (QED) is 0.774. The number of anilines is 2. The van der Waals surface area contributed by atoms with Gasteiger partial charge in [-0.05, 0) is 28.4 Å². The Balaban J connectivity index is 2.18. The van der Waals surface area contributed by atoms with Crippen molar-refractivity contribution in [3.8, 4) is 0 Å². The van der Waals surface area contributed by atoms with Crippen LogP contribution in [0.3, 0.4) is 0 Å². The fourth-order valence-electron chi connectivity index (χ4n) is 2.68. The summed E-state index contributed by atoms with van der Waals surface area (Å²) in [6.07, 6.45) is 1.82. The largest absolute Gasteiger partial charge is 0.340 e. The Kier molecular flexibility index (Phi) is 2.79. The van der Waals surface area contributed by atoms with Crippen LogP contribution in [0.4, 0.5) is 11.5 Å². The minimum Gasteiger partial charge on any atom is -0.340 e. The van der Waals surface area contributed by atoms with Crippen molar-refractivity contribution in [2.75, 3.05) is 36.5 Å². The summed E-state index contributed by atoms with van der Waals surface area (Å²) in [6.45, 7) is 4.42. The van der Waals surface area contributed by atoms with Gasteiger partial charge >= 0.3 is 0 Å². The minimum absolute atomic E-state index is 0.121. The van der Waals surface area contributed by atoms with Crippen LogP contribution in [0.2, 0.25) is 0 Å². The van der Waals surface area contributed by atoms with Crippen LogP contribution < -0.4 is 15.1 Å². The normalized spacial score (nSPS) is 22.8. The second kappa shape index (κ2) is 4.20. The maximum atomic E-state index is 12.4. The van der Waals surface area contributed by atoms with E-state index in [1.54, 1.807) is 4.90 Å². The number of halogens is 1. The molecule has 18 heavy (non-hydrogen) atoms. The molecule has 0 bridgehead atoms. The maximum absolute atomic E-state index is 12.4. The summed E-state index contributed by atoms with van der Waals surface area (Å²) >= 11 is 3.48. The first-order valence-corrected chi connectivity index (χ1v) is 6.80. The molecule has 0 aromatic carbocycles. The summed E-state index contributed by atoms with van der Waals surface area (Å²) in [6, 6.07) is -0.121. The Morgan fingerprint density at radius 1 is 1.56 bits per heavy atom. The SMILES string of the molecule is Cc1c(Br)cnc2c1N(C)C(=O)C1CNCCN21. The molecule has 3 rings (SSSR count). The van der Waals surface area contributed by atoms with Crippen molar-refractivity contribution < 1.29 is 4.79 Å². The monoisotopic (exact) mass is 310 g/mol. The third-order valence-corrected chi connectivity index (χ3v) is 4.49. The second-order valence-corrected chi connectivity index (χ2v) is 5.57. The zero-order valence-electron chi connectivity index (χ0n) is 10.4. The summed E-state index contributed by atoms with van der Waals surface area (Å²) in [5.74, 6) is 1.06. The molecule has 1 unspecified atom stereocenters. The van der Waals surface area contributed by atoms with Crippen LogP contribution in [0.25, 0.3) is 0 Å². The molecule has 1 N–H and O–H groups in total. The molecule has 0 saturated carbocycles. The van der Waals surface area contributed by atoms with Gasteiger partial charge < -0.3 is 15.1 Å². The zero-order chi connectivity index (χ0) is 12.9. The summed E-state index contributed by atoms with van der Waals surface area (Å²) in [5, 5.41) is 3.27. The molecule has 2 aliphatic heterocycles. The Labute approximate surface area is 114 Å². The van der Waals surface area contributed by atoms with E-state index < -0.39 is 0 Å². The van der Waals surface area contributed by atoms with Crippen LogP contribution in [-0.4, -0.2) is 43.6 Å². The lowest BCUT2D eigenvalue weighted by Crippen LogP contribution is -2.61. The van der Waals surface area contributed by atoms with E-state index in [-0.39, 0.29) is 11.9 Å². The third kappa shape index (κ3) is 1.55. The fraction of sp³-hybridized carbons (Fsp3) is 0.500. The Morgan fingerprint density at radius 2 is 2.33 bits per heavy atom. The van der Waals surface area contributed by atoms with E-state index >= 15 is 0 Å². The fourth-order valence-corrected chi connectivity index (χ4v) is 2.97. The maximum Gasteiger partial charge on any atom is 0.250 e. The lowest BCUT2D eigenvalue weighted by Gasteiger charge is -2.44. The van der Waals surface area contributed by atoms with Gasteiger partial charge in [0, 0.05) is 37.4 Å². The molecule has 1 amide bonds. The molecule has 1 atom stereocenters. The summed E-state index contributed by atoms with van der Waals surface area (Å²) in [5.41, 5.74) is 1.99. The highest BCUT2D eigenvalue weighted by Gasteiger charge is 2.39. The molecule has 0 spiro atoms. The first-order valence-electron chi connectivity index (χ1n) is 6.01. The number of rotatable bonds is 0. The van der Waals surface area contributed by atoms with Crippen molar-refractivity contribution >= 4 is 33.3 Å². The molecule has 96 valence electrons. The van der Waals surface area contributed by atoms with Gasteiger partial charge in [0.1, 0.15) is 6.04 Å². The first kappa shape index (κ1) is 11.9. The van der Waals surface area contributed by atoms with Crippen molar-refractivity contribution in [3.63, 3.8) is 0 Å². The molecule has 2 aliphatic rings. The van der Waals surface area contributed by atoms with Crippen molar-refractivity contribution in [1.29, 1.82) is 0 Å². The highest BCUT2D eigenvalue weighted by Crippen LogP contribution is 2.39. The van der Waals surface area contributed by atoms with Crippen molar-refractivity contribution in [3.05, 3.63) is 16.2 Å². The predicted octanol–water partition coefficient (Wildman–Crippen LogP) is 0.907. The van der Waals surface area contributed by atoms with E-state index in [0.29, 0.717) is 6.54 Å². The van der Waals surface area contributed by atoms with Crippen LogP contribution in [0.1, 0.15) is 5.56 Å². The highest BCUT2D eigenvalue weighted by atomic mass is 79.9. The number of aromatic nitrogens is 1. The van der Waals surface area contributed by atoms with Gasteiger partial charge in [0.05, 0.1) is 5.69 Å². The van der Waals surface area contributed by atoms with Crippen molar-refractivity contribution in [2.24, 2.45) is 0 Å². The molecule has 5 nitrogen and oxygen atoms in total. The molecule has 1 saturated heterocycles. The number of carbonyl (C=O) groups is 1. The van der Waals surface area contributed by atoms with E-state index in [1.807, 2.05) is 20.2 Å².